The lowest BCUT2D eigenvalue weighted by Crippen LogP contribution is -2.30. The van der Waals surface area contributed by atoms with E-state index in [2.05, 4.69) is 0 Å². The summed E-state index contributed by atoms with van der Waals surface area (Å²) in [5.74, 6) is -0.354. The van der Waals surface area contributed by atoms with Crippen LogP contribution in [-0.2, 0) is 14.4 Å². The minimum atomic E-state index is -0.621. The van der Waals surface area contributed by atoms with Crippen molar-refractivity contribution in [2.24, 2.45) is 0 Å². The third-order valence-corrected chi connectivity index (χ3v) is 1.83. The third kappa shape index (κ3) is 1.42. The molecule has 0 aromatic carbocycles. The maximum absolute atomic E-state index is 10.4. The van der Waals surface area contributed by atoms with E-state index in [4.69, 9.17) is 14.4 Å². The van der Waals surface area contributed by atoms with Gasteiger partial charge in [-0.05, 0) is 6.08 Å². The number of methoxy groups -OCH3 is 1. The average molecular weight is 200 g/mol. The van der Waals surface area contributed by atoms with Crippen molar-refractivity contribution in [3.05, 3.63) is 33.8 Å². The summed E-state index contributed by atoms with van der Waals surface area (Å²) in [6.07, 6.45) is 3.12. The highest BCUT2D eigenvalue weighted by Gasteiger charge is 2.34. The van der Waals surface area contributed by atoms with Gasteiger partial charge in [-0.1, -0.05) is 5.23 Å². The van der Waals surface area contributed by atoms with Crippen LogP contribution in [0.2, 0.25) is 0 Å². The molecule has 2 aliphatic rings. The fraction of sp³-hybridized carbons (Fsp3) is 0.429. The van der Waals surface area contributed by atoms with Crippen LogP contribution in [0.15, 0.2) is 23.7 Å². The van der Waals surface area contributed by atoms with E-state index in [1.807, 2.05) is 0 Å². The molecule has 0 bridgehead atoms. The quantitative estimate of drug-likeness (QED) is 0.478. The van der Waals surface area contributed by atoms with Gasteiger partial charge in [-0.15, -0.1) is 0 Å². The van der Waals surface area contributed by atoms with Crippen molar-refractivity contribution in [3.63, 3.8) is 0 Å². The number of fused-ring (bicyclic) bond motifs is 1. The van der Waals surface area contributed by atoms with Crippen LogP contribution in [-0.4, -0.2) is 23.5 Å². The second kappa shape index (κ2) is 3.28. The fourth-order valence-corrected chi connectivity index (χ4v) is 1.15. The number of nitro groups is 1. The first-order valence-corrected chi connectivity index (χ1v) is 3.94. The van der Waals surface area contributed by atoms with Gasteiger partial charge in [-0.3, -0.25) is 15.0 Å². The highest BCUT2D eigenvalue weighted by molar-refractivity contribution is 5.20. The first-order valence-electron chi connectivity index (χ1n) is 3.94. The van der Waals surface area contributed by atoms with Crippen molar-refractivity contribution in [1.82, 2.24) is 5.23 Å². The Hall–Kier alpha value is -1.60. The van der Waals surface area contributed by atoms with Gasteiger partial charge >= 0.3 is 5.88 Å². The van der Waals surface area contributed by atoms with Crippen molar-refractivity contribution in [3.8, 4) is 0 Å². The molecular formula is C7H8N2O5. The van der Waals surface area contributed by atoms with E-state index in [0.717, 1.165) is 5.23 Å². The lowest BCUT2D eigenvalue weighted by atomic mass is 10.3. The van der Waals surface area contributed by atoms with Crippen molar-refractivity contribution >= 4 is 0 Å². The Balaban J connectivity index is 2.11. The molecule has 0 aromatic rings. The molecule has 0 radical (unpaired) electrons. The largest absolute Gasteiger partial charge is 0.456 e. The molecule has 14 heavy (non-hydrogen) atoms. The molecule has 2 heterocycles. The molecule has 2 rings (SSSR count). The molecule has 0 saturated carbocycles. The van der Waals surface area contributed by atoms with Gasteiger partial charge in [0, 0.05) is 13.5 Å². The molecule has 76 valence electrons. The van der Waals surface area contributed by atoms with Crippen LogP contribution in [0, 0.1) is 10.1 Å². The van der Waals surface area contributed by atoms with Gasteiger partial charge in [-0.2, -0.15) is 0 Å². The highest BCUT2D eigenvalue weighted by atomic mass is 17.0. The van der Waals surface area contributed by atoms with E-state index in [1.165, 1.54) is 13.2 Å². The van der Waals surface area contributed by atoms with Crippen molar-refractivity contribution in [1.29, 1.82) is 0 Å². The van der Waals surface area contributed by atoms with Crippen LogP contribution in [0.3, 0.4) is 0 Å². The maximum Gasteiger partial charge on any atom is 0.456 e. The molecule has 0 spiro atoms. The summed E-state index contributed by atoms with van der Waals surface area (Å²) < 4.78 is 4.91. The van der Waals surface area contributed by atoms with Crippen molar-refractivity contribution < 1.29 is 19.3 Å². The van der Waals surface area contributed by atoms with Crippen LogP contribution >= 0.6 is 0 Å². The maximum atomic E-state index is 10.4. The fourth-order valence-electron chi connectivity index (χ4n) is 1.15. The van der Waals surface area contributed by atoms with Gasteiger partial charge in [-0.25, -0.2) is 4.84 Å². The van der Waals surface area contributed by atoms with Crippen LogP contribution in [0.1, 0.15) is 6.42 Å². The molecule has 2 aliphatic heterocycles. The summed E-state index contributed by atoms with van der Waals surface area (Å²) >= 11 is 0. The Morgan fingerprint density at radius 2 is 2.57 bits per heavy atom. The smallest absolute Gasteiger partial charge is 0.353 e. The summed E-state index contributed by atoms with van der Waals surface area (Å²) in [5, 5.41) is 11.3. The van der Waals surface area contributed by atoms with Gasteiger partial charge in [0.2, 0.25) is 0 Å². The molecular weight excluding hydrogens is 192 g/mol. The van der Waals surface area contributed by atoms with Crippen LogP contribution in [0.4, 0.5) is 0 Å². The van der Waals surface area contributed by atoms with Crippen LogP contribution in [0.5, 0.6) is 0 Å². The zero-order valence-corrected chi connectivity index (χ0v) is 7.37. The minimum Gasteiger partial charge on any atom is -0.353 e. The number of hydrogen-bond donors (Lipinski definition) is 0. The van der Waals surface area contributed by atoms with E-state index < -0.39 is 11.2 Å². The second-order valence-corrected chi connectivity index (χ2v) is 2.72. The summed E-state index contributed by atoms with van der Waals surface area (Å²) in [7, 11) is 1.49. The first-order chi connectivity index (χ1) is 6.70. The monoisotopic (exact) mass is 200 g/mol. The van der Waals surface area contributed by atoms with Gasteiger partial charge in [0.25, 0.3) is 0 Å². The summed E-state index contributed by atoms with van der Waals surface area (Å²) in [4.78, 5) is 19.6. The number of ether oxygens (including phenoxy) is 1. The second-order valence-electron chi connectivity index (χ2n) is 2.72. The number of nitrogens with zero attached hydrogens (tertiary/aromatic N) is 2. The highest BCUT2D eigenvalue weighted by Crippen LogP contribution is 2.28. The Morgan fingerprint density at radius 1 is 1.79 bits per heavy atom. The Bertz CT molecular complexity index is 324. The van der Waals surface area contributed by atoms with Gasteiger partial charge in [0.15, 0.2) is 6.29 Å². The van der Waals surface area contributed by atoms with Gasteiger partial charge < -0.3 is 4.74 Å². The predicted octanol–water partition coefficient (Wildman–Crippen LogP) is 0.543. The van der Waals surface area contributed by atoms with Gasteiger partial charge in [0.1, 0.15) is 10.6 Å². The SMILES string of the molecule is COC1CC=C2C=C([N+](=O)[O-])ON2O1. The molecule has 0 amide bonds. The Kier molecular flexibility index (Phi) is 2.10. The summed E-state index contributed by atoms with van der Waals surface area (Å²) in [6.45, 7) is 0. The number of rotatable bonds is 2. The van der Waals surface area contributed by atoms with Crippen LogP contribution < -0.4 is 0 Å². The first kappa shape index (κ1) is 8.97. The molecule has 1 atom stereocenters. The Morgan fingerprint density at radius 3 is 3.21 bits per heavy atom. The number of hydroxylamine groups is 2. The number of allylic oxidation sites excluding steroid dienone is 1. The molecule has 0 N–H and O–H groups in total. The van der Waals surface area contributed by atoms with Gasteiger partial charge in [0.05, 0.1) is 6.08 Å². The van der Waals surface area contributed by atoms with E-state index in [9.17, 15) is 10.1 Å². The summed E-state index contributed by atoms with van der Waals surface area (Å²) in [6, 6.07) is 0. The molecule has 0 fully saturated rings. The molecule has 0 aromatic heterocycles. The van der Waals surface area contributed by atoms with E-state index in [-0.39, 0.29) is 5.88 Å². The average Bonchev–Trinajstić information content (AvgIpc) is 2.59. The molecule has 1 unspecified atom stereocenters. The van der Waals surface area contributed by atoms with E-state index in [1.54, 1.807) is 6.08 Å². The summed E-state index contributed by atoms with van der Waals surface area (Å²) in [5.41, 5.74) is 0.519. The zero-order chi connectivity index (χ0) is 10.1. The lowest BCUT2D eigenvalue weighted by molar-refractivity contribution is -0.506. The molecule has 0 aliphatic carbocycles. The lowest BCUT2D eigenvalue weighted by Gasteiger charge is -2.25. The van der Waals surface area contributed by atoms with Crippen molar-refractivity contribution in [2.45, 2.75) is 12.7 Å². The minimum absolute atomic E-state index is 0.354. The van der Waals surface area contributed by atoms with E-state index in [0.29, 0.717) is 12.1 Å². The standard InChI is InChI=1S/C7H8N2O5/c1-12-7-3-2-5-4-6(8(10)11)13-9(5)14-7/h2,4,7H,3H2,1H3. The third-order valence-electron chi connectivity index (χ3n) is 1.83. The van der Waals surface area contributed by atoms with E-state index >= 15 is 0 Å². The molecule has 7 nitrogen and oxygen atoms in total. The normalized spacial score (nSPS) is 24.9. The van der Waals surface area contributed by atoms with Crippen molar-refractivity contribution in [2.75, 3.05) is 7.11 Å². The predicted molar refractivity (Wildman–Crippen MR) is 42.6 cm³/mol. The Labute approximate surface area is 79.2 Å². The van der Waals surface area contributed by atoms with Crippen LogP contribution in [0.25, 0.3) is 0 Å². The number of hydrogen-bond acceptors (Lipinski definition) is 6. The topological polar surface area (TPSA) is 74.1 Å². The zero-order valence-electron chi connectivity index (χ0n) is 7.37. The molecule has 7 heteroatoms. The molecule has 0 saturated heterocycles.